The fourth-order valence-corrected chi connectivity index (χ4v) is 6.12. The summed E-state index contributed by atoms with van der Waals surface area (Å²) in [6, 6.07) is 0. The molecule has 1 amide bonds. The average Bonchev–Trinajstić information content (AvgIpc) is 2.75. The van der Waals surface area contributed by atoms with E-state index < -0.39 is 5.60 Å². The molecule has 1 N–H and O–H groups in total. The van der Waals surface area contributed by atoms with Crippen molar-refractivity contribution in [2.45, 2.75) is 70.9 Å². The summed E-state index contributed by atoms with van der Waals surface area (Å²) in [4.78, 5) is 14.7. The standard InChI is InChI=1S/C19H28N2O3/c1-12-16(13(2)24-20-12)10-21(3)17(22)9-18-5-14-4-15(6-18)8-19(23,7-14)11-18/h14-15,23H,4-11H2,1-3H3. The van der Waals surface area contributed by atoms with Crippen LogP contribution in [0, 0.1) is 31.1 Å². The highest BCUT2D eigenvalue weighted by Crippen LogP contribution is 2.62. The summed E-state index contributed by atoms with van der Waals surface area (Å²) in [5, 5.41) is 14.8. The largest absolute Gasteiger partial charge is 0.390 e. The second-order valence-corrected chi connectivity index (χ2v) is 8.91. The lowest BCUT2D eigenvalue weighted by Gasteiger charge is -2.60. The molecule has 0 radical (unpaired) electrons. The highest BCUT2D eigenvalue weighted by atomic mass is 16.5. The Hall–Kier alpha value is -1.36. The Morgan fingerprint density at radius 1 is 1.29 bits per heavy atom. The van der Waals surface area contributed by atoms with Gasteiger partial charge in [-0.05, 0) is 69.6 Å². The normalized spacial score (nSPS) is 37.0. The monoisotopic (exact) mass is 332 g/mol. The van der Waals surface area contributed by atoms with E-state index in [1.807, 2.05) is 20.9 Å². The molecule has 132 valence electrons. The van der Waals surface area contributed by atoms with Crippen LogP contribution in [0.15, 0.2) is 4.52 Å². The number of carbonyl (C=O) groups excluding carboxylic acids is 1. The third kappa shape index (κ3) is 2.67. The first-order chi connectivity index (χ1) is 11.3. The minimum atomic E-state index is -0.495. The van der Waals surface area contributed by atoms with Crippen LogP contribution in [0.3, 0.4) is 0 Å². The van der Waals surface area contributed by atoms with Gasteiger partial charge in [-0.2, -0.15) is 0 Å². The van der Waals surface area contributed by atoms with E-state index in [1.54, 1.807) is 4.90 Å². The molecule has 1 aromatic rings. The van der Waals surface area contributed by atoms with Gasteiger partial charge >= 0.3 is 0 Å². The lowest BCUT2D eigenvalue weighted by Crippen LogP contribution is -2.56. The Bertz CT molecular complexity index is 632. The van der Waals surface area contributed by atoms with Crippen molar-refractivity contribution in [1.29, 1.82) is 0 Å². The number of hydrogen-bond acceptors (Lipinski definition) is 4. The Morgan fingerprint density at radius 3 is 2.50 bits per heavy atom. The van der Waals surface area contributed by atoms with Gasteiger partial charge in [0, 0.05) is 19.0 Å². The van der Waals surface area contributed by atoms with Crippen molar-refractivity contribution in [3.8, 4) is 0 Å². The first-order valence-electron chi connectivity index (χ1n) is 9.16. The Morgan fingerprint density at radius 2 is 1.96 bits per heavy atom. The van der Waals surface area contributed by atoms with Crippen molar-refractivity contribution in [3.05, 3.63) is 17.0 Å². The molecule has 4 saturated carbocycles. The van der Waals surface area contributed by atoms with Crippen molar-refractivity contribution < 1.29 is 14.4 Å². The van der Waals surface area contributed by atoms with Crippen LogP contribution in [0.2, 0.25) is 0 Å². The minimum Gasteiger partial charge on any atom is -0.390 e. The van der Waals surface area contributed by atoms with E-state index >= 15 is 0 Å². The number of rotatable bonds is 4. The minimum absolute atomic E-state index is 0.0307. The predicted octanol–water partition coefficient (Wildman–Crippen LogP) is 2.97. The van der Waals surface area contributed by atoms with Crippen molar-refractivity contribution in [1.82, 2.24) is 10.1 Å². The van der Waals surface area contributed by atoms with Crippen LogP contribution in [-0.4, -0.2) is 33.7 Å². The maximum Gasteiger partial charge on any atom is 0.223 e. The molecule has 0 aromatic carbocycles. The molecule has 1 heterocycles. The van der Waals surface area contributed by atoms with Crippen molar-refractivity contribution in [3.63, 3.8) is 0 Å². The summed E-state index contributed by atoms with van der Waals surface area (Å²) in [5.41, 5.74) is 1.40. The average molecular weight is 332 g/mol. The fourth-order valence-electron chi connectivity index (χ4n) is 6.12. The fraction of sp³-hybridized carbons (Fsp3) is 0.789. The van der Waals surface area contributed by atoms with Gasteiger partial charge in [-0.1, -0.05) is 5.16 Å². The van der Waals surface area contributed by atoms with E-state index in [4.69, 9.17) is 4.52 Å². The maximum absolute atomic E-state index is 12.9. The lowest BCUT2D eigenvalue weighted by molar-refractivity contribution is -0.171. The molecule has 4 bridgehead atoms. The number of aliphatic hydroxyl groups is 1. The molecule has 5 heteroatoms. The quantitative estimate of drug-likeness (QED) is 0.920. The van der Waals surface area contributed by atoms with Crippen LogP contribution in [0.4, 0.5) is 0 Å². The van der Waals surface area contributed by atoms with E-state index in [1.165, 1.54) is 6.42 Å². The van der Waals surface area contributed by atoms with Gasteiger partial charge in [-0.25, -0.2) is 0 Å². The third-order valence-electron chi connectivity index (χ3n) is 6.68. The summed E-state index contributed by atoms with van der Waals surface area (Å²) in [6.45, 7) is 4.36. The molecule has 1 aromatic heterocycles. The smallest absolute Gasteiger partial charge is 0.223 e. The van der Waals surface area contributed by atoms with Gasteiger partial charge < -0.3 is 14.5 Å². The van der Waals surface area contributed by atoms with Crippen LogP contribution < -0.4 is 0 Å². The second-order valence-electron chi connectivity index (χ2n) is 8.91. The van der Waals surface area contributed by atoms with E-state index in [9.17, 15) is 9.90 Å². The summed E-state index contributed by atoms with van der Waals surface area (Å²) >= 11 is 0. The van der Waals surface area contributed by atoms with Gasteiger partial charge in [0.25, 0.3) is 0 Å². The first-order valence-corrected chi connectivity index (χ1v) is 9.16. The van der Waals surface area contributed by atoms with Crippen LogP contribution >= 0.6 is 0 Å². The van der Waals surface area contributed by atoms with E-state index in [-0.39, 0.29) is 11.3 Å². The van der Waals surface area contributed by atoms with Gasteiger partial charge in [0.2, 0.25) is 5.91 Å². The number of aromatic nitrogens is 1. The summed E-state index contributed by atoms with van der Waals surface area (Å²) in [7, 11) is 1.86. The molecule has 4 fully saturated rings. The molecule has 5 nitrogen and oxygen atoms in total. The van der Waals surface area contributed by atoms with Gasteiger partial charge in [0.1, 0.15) is 5.76 Å². The third-order valence-corrected chi connectivity index (χ3v) is 6.68. The number of nitrogens with zero attached hydrogens (tertiary/aromatic N) is 2. The molecule has 4 aliphatic rings. The Balaban J connectivity index is 1.46. The SMILES string of the molecule is Cc1noc(C)c1CN(C)C(=O)CC12CC3CC(CC(O)(C3)C1)C2. The molecule has 0 saturated heterocycles. The predicted molar refractivity (Wildman–Crippen MR) is 89.1 cm³/mol. The van der Waals surface area contributed by atoms with E-state index in [2.05, 4.69) is 5.16 Å². The van der Waals surface area contributed by atoms with Crippen LogP contribution in [0.25, 0.3) is 0 Å². The first kappa shape index (κ1) is 16.1. The van der Waals surface area contributed by atoms with E-state index in [0.717, 1.165) is 49.1 Å². The van der Waals surface area contributed by atoms with Crippen molar-refractivity contribution in [2.75, 3.05) is 7.05 Å². The van der Waals surface area contributed by atoms with Gasteiger partial charge in [-0.15, -0.1) is 0 Å². The van der Waals surface area contributed by atoms with Gasteiger partial charge in [0.15, 0.2) is 0 Å². The van der Waals surface area contributed by atoms with Gasteiger partial charge in [0.05, 0.1) is 17.8 Å². The molecule has 0 aliphatic heterocycles. The lowest BCUT2D eigenvalue weighted by atomic mass is 9.47. The van der Waals surface area contributed by atoms with Crippen LogP contribution in [-0.2, 0) is 11.3 Å². The zero-order chi connectivity index (χ0) is 17.1. The summed E-state index contributed by atoms with van der Waals surface area (Å²) in [6.07, 6.45) is 6.80. The van der Waals surface area contributed by atoms with Crippen LogP contribution in [0.5, 0.6) is 0 Å². The maximum atomic E-state index is 12.9. The van der Waals surface area contributed by atoms with E-state index in [0.29, 0.717) is 24.8 Å². The molecular formula is C19H28N2O3. The van der Waals surface area contributed by atoms with Crippen LogP contribution in [0.1, 0.15) is 62.0 Å². The molecular weight excluding hydrogens is 304 g/mol. The topological polar surface area (TPSA) is 66.6 Å². The highest BCUT2D eigenvalue weighted by molar-refractivity contribution is 5.76. The number of aryl methyl sites for hydroxylation is 2. The Kier molecular flexibility index (Phi) is 3.57. The number of amides is 1. The van der Waals surface area contributed by atoms with Crippen molar-refractivity contribution >= 4 is 5.91 Å². The second kappa shape index (κ2) is 5.32. The van der Waals surface area contributed by atoms with Crippen molar-refractivity contribution in [2.24, 2.45) is 17.3 Å². The number of carbonyl (C=O) groups is 1. The summed E-state index contributed by atoms with van der Waals surface area (Å²) < 4.78 is 5.20. The van der Waals surface area contributed by atoms with Gasteiger partial charge in [-0.3, -0.25) is 4.79 Å². The number of hydrogen-bond donors (Lipinski definition) is 1. The zero-order valence-corrected chi connectivity index (χ0v) is 15.0. The summed E-state index contributed by atoms with van der Waals surface area (Å²) in [5.74, 6) is 2.21. The molecule has 2 atom stereocenters. The molecule has 2 unspecified atom stereocenters. The molecule has 0 spiro atoms. The zero-order valence-electron chi connectivity index (χ0n) is 15.0. The highest BCUT2D eigenvalue weighted by Gasteiger charge is 2.57. The molecule has 4 aliphatic carbocycles. The molecule has 5 rings (SSSR count). The Labute approximate surface area is 143 Å². The molecule has 24 heavy (non-hydrogen) atoms.